The Morgan fingerprint density at radius 2 is 2.14 bits per heavy atom. The summed E-state index contributed by atoms with van der Waals surface area (Å²) in [6, 6.07) is 3.30. The Hall–Kier alpha value is -2.05. The third kappa shape index (κ3) is 3.96. The Morgan fingerprint density at radius 1 is 1.38 bits per heavy atom. The number of aromatic amines is 1. The van der Waals surface area contributed by atoms with Crippen LogP contribution in [0.25, 0.3) is 0 Å². The number of amides is 1. The average molecular weight is 328 g/mol. The molecule has 0 saturated carbocycles. The Kier molecular flexibility index (Phi) is 4.82. The number of imidazole rings is 1. The number of carboxylic acid groups (broad SMARTS) is 1. The van der Waals surface area contributed by atoms with Crippen molar-refractivity contribution in [3.05, 3.63) is 52.0 Å². The number of aromatic nitrogens is 2. The molecule has 110 valence electrons. The van der Waals surface area contributed by atoms with E-state index in [1.54, 1.807) is 6.07 Å². The molecule has 0 bridgehead atoms. The van der Waals surface area contributed by atoms with Crippen molar-refractivity contribution in [2.75, 3.05) is 0 Å². The molecule has 3 N–H and O–H groups in total. The van der Waals surface area contributed by atoms with Crippen molar-refractivity contribution in [2.24, 2.45) is 0 Å². The molecule has 6 nitrogen and oxygen atoms in total. The Morgan fingerprint density at radius 3 is 2.76 bits per heavy atom. The van der Waals surface area contributed by atoms with Crippen LogP contribution in [-0.4, -0.2) is 33.0 Å². The van der Waals surface area contributed by atoms with Crippen molar-refractivity contribution in [2.45, 2.75) is 12.5 Å². The van der Waals surface area contributed by atoms with Gasteiger partial charge in [0.1, 0.15) is 6.04 Å². The first-order valence-corrected chi connectivity index (χ1v) is 6.69. The molecule has 1 aromatic heterocycles. The quantitative estimate of drug-likeness (QED) is 0.784. The molecule has 0 radical (unpaired) electrons. The summed E-state index contributed by atoms with van der Waals surface area (Å²) in [5.41, 5.74) is 0.722. The summed E-state index contributed by atoms with van der Waals surface area (Å²) >= 11 is 11.7. The fourth-order valence-electron chi connectivity index (χ4n) is 1.72. The number of halogens is 2. The second-order valence-corrected chi connectivity index (χ2v) is 5.11. The van der Waals surface area contributed by atoms with Gasteiger partial charge in [-0.25, -0.2) is 9.78 Å². The summed E-state index contributed by atoms with van der Waals surface area (Å²) in [4.78, 5) is 29.9. The van der Waals surface area contributed by atoms with Crippen LogP contribution < -0.4 is 5.32 Å². The first-order valence-electron chi connectivity index (χ1n) is 5.93. The topological polar surface area (TPSA) is 95.1 Å². The zero-order valence-corrected chi connectivity index (χ0v) is 12.1. The van der Waals surface area contributed by atoms with E-state index in [1.807, 2.05) is 0 Å². The number of hydrogen-bond donors (Lipinski definition) is 3. The minimum Gasteiger partial charge on any atom is -0.480 e. The fourth-order valence-corrected chi connectivity index (χ4v) is 2.10. The molecular formula is C13H11Cl2N3O3. The van der Waals surface area contributed by atoms with Gasteiger partial charge >= 0.3 is 5.97 Å². The maximum Gasteiger partial charge on any atom is 0.326 e. The standard InChI is InChI=1S/C13H11Cl2N3O3/c14-7-1-2-10(15)9(3-7)12(19)18-11(13(20)21)4-8-5-16-6-17-8/h1-3,5-6,11H,4H2,(H,16,17)(H,18,19)(H,20,21)/t11-/m1/s1. The van der Waals surface area contributed by atoms with Crippen LogP contribution in [-0.2, 0) is 11.2 Å². The maximum atomic E-state index is 12.1. The Bertz CT molecular complexity index is 659. The zero-order valence-electron chi connectivity index (χ0n) is 10.6. The molecule has 1 amide bonds. The molecule has 21 heavy (non-hydrogen) atoms. The van der Waals surface area contributed by atoms with E-state index in [1.165, 1.54) is 24.7 Å². The normalized spacial score (nSPS) is 11.9. The van der Waals surface area contributed by atoms with E-state index in [-0.39, 0.29) is 17.0 Å². The summed E-state index contributed by atoms with van der Waals surface area (Å²) in [5, 5.41) is 12.1. The number of rotatable bonds is 5. The zero-order chi connectivity index (χ0) is 15.4. The highest BCUT2D eigenvalue weighted by Gasteiger charge is 2.22. The van der Waals surface area contributed by atoms with E-state index in [9.17, 15) is 14.7 Å². The predicted molar refractivity (Wildman–Crippen MR) is 77.6 cm³/mol. The van der Waals surface area contributed by atoms with Gasteiger partial charge < -0.3 is 15.4 Å². The number of H-pyrrole nitrogens is 1. The van der Waals surface area contributed by atoms with Gasteiger partial charge in [-0.05, 0) is 18.2 Å². The van der Waals surface area contributed by atoms with Crippen LogP contribution in [0.4, 0.5) is 0 Å². The Balaban J connectivity index is 2.14. The second-order valence-electron chi connectivity index (χ2n) is 4.27. The summed E-state index contributed by atoms with van der Waals surface area (Å²) in [6.07, 6.45) is 3.01. The third-order valence-corrected chi connectivity index (χ3v) is 3.32. The molecule has 2 rings (SSSR count). The van der Waals surface area contributed by atoms with Crippen LogP contribution in [0, 0.1) is 0 Å². The molecular weight excluding hydrogens is 317 g/mol. The van der Waals surface area contributed by atoms with Crippen molar-refractivity contribution in [1.82, 2.24) is 15.3 Å². The van der Waals surface area contributed by atoms with Crippen molar-refractivity contribution in [1.29, 1.82) is 0 Å². The molecule has 0 aliphatic heterocycles. The molecule has 1 atom stereocenters. The van der Waals surface area contributed by atoms with Crippen LogP contribution in [0.15, 0.2) is 30.7 Å². The molecule has 0 aliphatic rings. The van der Waals surface area contributed by atoms with E-state index in [4.69, 9.17) is 23.2 Å². The number of carbonyl (C=O) groups excluding carboxylic acids is 1. The number of aliphatic carboxylic acids is 1. The molecule has 0 spiro atoms. The minimum atomic E-state index is -1.16. The fraction of sp³-hybridized carbons (Fsp3) is 0.154. The van der Waals surface area contributed by atoms with E-state index < -0.39 is 17.9 Å². The number of nitrogens with one attached hydrogen (secondary N) is 2. The number of nitrogens with zero attached hydrogens (tertiary/aromatic N) is 1. The lowest BCUT2D eigenvalue weighted by molar-refractivity contribution is -0.139. The summed E-state index contributed by atoms with van der Waals surface area (Å²) in [7, 11) is 0. The largest absolute Gasteiger partial charge is 0.480 e. The molecule has 0 aliphatic carbocycles. The lowest BCUT2D eigenvalue weighted by atomic mass is 10.1. The van der Waals surface area contributed by atoms with Crippen LogP contribution in [0.5, 0.6) is 0 Å². The predicted octanol–water partition coefficient (Wildman–Crippen LogP) is 2.14. The number of hydrogen-bond acceptors (Lipinski definition) is 3. The molecule has 1 heterocycles. The Labute approximate surface area is 130 Å². The van der Waals surface area contributed by atoms with E-state index in [0.717, 1.165) is 0 Å². The highest BCUT2D eigenvalue weighted by molar-refractivity contribution is 6.35. The van der Waals surface area contributed by atoms with Crippen molar-refractivity contribution < 1.29 is 14.7 Å². The SMILES string of the molecule is O=C(N[C@H](Cc1cnc[nH]1)C(=O)O)c1cc(Cl)ccc1Cl. The first kappa shape index (κ1) is 15.3. The minimum absolute atomic E-state index is 0.0826. The molecule has 0 saturated heterocycles. The lowest BCUT2D eigenvalue weighted by Crippen LogP contribution is -2.42. The van der Waals surface area contributed by atoms with Gasteiger partial charge in [0.25, 0.3) is 5.91 Å². The number of carbonyl (C=O) groups is 2. The van der Waals surface area contributed by atoms with Crippen LogP contribution in [0.2, 0.25) is 10.0 Å². The van der Waals surface area contributed by atoms with Crippen molar-refractivity contribution in [3.63, 3.8) is 0 Å². The van der Waals surface area contributed by atoms with Crippen molar-refractivity contribution in [3.8, 4) is 0 Å². The number of benzene rings is 1. The summed E-state index contributed by atoms with van der Waals surface area (Å²) < 4.78 is 0. The smallest absolute Gasteiger partial charge is 0.326 e. The van der Waals surface area contributed by atoms with Gasteiger partial charge in [0.15, 0.2) is 0 Å². The lowest BCUT2D eigenvalue weighted by Gasteiger charge is -2.14. The highest BCUT2D eigenvalue weighted by atomic mass is 35.5. The number of carboxylic acids is 1. The molecule has 1 aromatic carbocycles. The van der Waals surface area contributed by atoms with Crippen LogP contribution in [0.3, 0.4) is 0 Å². The van der Waals surface area contributed by atoms with Gasteiger partial charge in [-0.3, -0.25) is 4.79 Å². The molecule has 8 heteroatoms. The maximum absolute atomic E-state index is 12.1. The monoisotopic (exact) mass is 327 g/mol. The van der Waals surface area contributed by atoms with E-state index in [0.29, 0.717) is 10.7 Å². The van der Waals surface area contributed by atoms with Crippen LogP contribution in [0.1, 0.15) is 16.1 Å². The van der Waals surface area contributed by atoms with Gasteiger partial charge in [-0.1, -0.05) is 23.2 Å². The summed E-state index contributed by atoms with van der Waals surface area (Å²) in [5.74, 6) is -1.76. The van der Waals surface area contributed by atoms with Gasteiger partial charge in [-0.15, -0.1) is 0 Å². The summed E-state index contributed by atoms with van der Waals surface area (Å²) in [6.45, 7) is 0. The molecule has 0 fully saturated rings. The third-order valence-electron chi connectivity index (χ3n) is 2.76. The van der Waals surface area contributed by atoms with Gasteiger partial charge in [0.05, 0.1) is 16.9 Å². The van der Waals surface area contributed by atoms with Gasteiger partial charge in [0.2, 0.25) is 0 Å². The highest BCUT2D eigenvalue weighted by Crippen LogP contribution is 2.20. The first-order chi connectivity index (χ1) is 9.97. The van der Waals surface area contributed by atoms with Gasteiger partial charge in [0, 0.05) is 23.3 Å². The molecule has 0 unspecified atom stereocenters. The van der Waals surface area contributed by atoms with Gasteiger partial charge in [-0.2, -0.15) is 0 Å². The average Bonchev–Trinajstić information content (AvgIpc) is 2.93. The molecule has 2 aromatic rings. The second kappa shape index (κ2) is 6.60. The van der Waals surface area contributed by atoms with E-state index >= 15 is 0 Å². The van der Waals surface area contributed by atoms with E-state index in [2.05, 4.69) is 15.3 Å². The van der Waals surface area contributed by atoms with Crippen LogP contribution >= 0.6 is 23.2 Å². The van der Waals surface area contributed by atoms with Crippen molar-refractivity contribution >= 4 is 35.1 Å².